The number of nitrogens with one attached hydrogen (secondary N) is 1. The van der Waals surface area contributed by atoms with Crippen molar-refractivity contribution in [3.05, 3.63) is 77.3 Å². The first kappa shape index (κ1) is 20.1. The number of nitrogens with zero attached hydrogens (tertiary/aromatic N) is 1. The minimum absolute atomic E-state index is 0.0647. The van der Waals surface area contributed by atoms with Crippen LogP contribution in [0.25, 0.3) is 11.3 Å². The Morgan fingerprint density at radius 1 is 1.14 bits per heavy atom. The summed E-state index contributed by atoms with van der Waals surface area (Å²) in [5.74, 6) is 1.20. The van der Waals surface area contributed by atoms with Crippen LogP contribution in [0.3, 0.4) is 0 Å². The van der Waals surface area contributed by atoms with Gasteiger partial charge in [0.2, 0.25) is 5.91 Å². The van der Waals surface area contributed by atoms with Crippen molar-refractivity contribution >= 4 is 17.5 Å². The van der Waals surface area contributed by atoms with Crippen molar-refractivity contribution in [3.8, 4) is 11.3 Å². The number of aliphatic hydroxyl groups is 1. The van der Waals surface area contributed by atoms with Gasteiger partial charge in [0.05, 0.1) is 6.20 Å². The highest BCUT2D eigenvalue weighted by atomic mass is 35.5. The van der Waals surface area contributed by atoms with Gasteiger partial charge < -0.3 is 14.8 Å². The summed E-state index contributed by atoms with van der Waals surface area (Å²) >= 11 is 5.90. The molecule has 0 saturated carbocycles. The number of hydrogen-bond donors (Lipinski definition) is 2. The molecular formula is C22H23ClN2O3. The number of benzene rings is 2. The summed E-state index contributed by atoms with van der Waals surface area (Å²) in [7, 11) is 0. The number of hydrogen-bond acceptors (Lipinski definition) is 4. The summed E-state index contributed by atoms with van der Waals surface area (Å²) in [6.07, 6.45) is 2.98. The monoisotopic (exact) mass is 398 g/mol. The van der Waals surface area contributed by atoms with Gasteiger partial charge in [-0.2, -0.15) is 0 Å². The second-order valence-corrected chi connectivity index (χ2v) is 6.99. The standard InChI is InChI=1S/C22H23ClN2O3/c23-19-8-6-17(7-9-19)20-15-25-22(28-20)11-10-21(27)24-14-18(12-13-26)16-4-2-1-3-5-16/h1-9,15,18,26H,10-14H2,(H,24,27). The maximum Gasteiger partial charge on any atom is 0.220 e. The Kier molecular flexibility index (Phi) is 7.23. The van der Waals surface area contributed by atoms with Crippen molar-refractivity contribution in [2.24, 2.45) is 0 Å². The maximum absolute atomic E-state index is 12.2. The zero-order chi connectivity index (χ0) is 19.8. The van der Waals surface area contributed by atoms with E-state index in [2.05, 4.69) is 10.3 Å². The molecule has 1 unspecified atom stereocenters. The molecule has 0 bridgehead atoms. The van der Waals surface area contributed by atoms with Gasteiger partial charge in [-0.05, 0) is 36.2 Å². The molecule has 5 nitrogen and oxygen atoms in total. The molecule has 2 aromatic carbocycles. The minimum atomic E-state index is -0.0647. The first-order valence-electron chi connectivity index (χ1n) is 9.29. The van der Waals surface area contributed by atoms with Crippen LogP contribution in [-0.4, -0.2) is 29.1 Å². The first-order valence-corrected chi connectivity index (χ1v) is 9.66. The summed E-state index contributed by atoms with van der Waals surface area (Å²) in [5.41, 5.74) is 2.00. The molecule has 3 aromatic rings. The fourth-order valence-electron chi connectivity index (χ4n) is 2.99. The molecule has 0 radical (unpaired) electrons. The van der Waals surface area contributed by atoms with E-state index in [0.717, 1.165) is 11.1 Å². The van der Waals surface area contributed by atoms with E-state index in [9.17, 15) is 9.90 Å². The Hall–Kier alpha value is -2.63. The van der Waals surface area contributed by atoms with Crippen LogP contribution >= 0.6 is 11.6 Å². The predicted molar refractivity (Wildman–Crippen MR) is 109 cm³/mol. The van der Waals surface area contributed by atoms with E-state index in [-0.39, 0.29) is 18.4 Å². The number of amides is 1. The van der Waals surface area contributed by atoms with Gasteiger partial charge in [-0.25, -0.2) is 4.98 Å². The summed E-state index contributed by atoms with van der Waals surface area (Å²) in [4.78, 5) is 16.5. The average molecular weight is 399 g/mol. The fraction of sp³-hybridized carbons (Fsp3) is 0.273. The van der Waals surface area contributed by atoms with Gasteiger partial charge in [-0.1, -0.05) is 41.9 Å². The summed E-state index contributed by atoms with van der Waals surface area (Å²) in [6.45, 7) is 0.574. The normalized spacial score (nSPS) is 11.9. The van der Waals surface area contributed by atoms with E-state index in [0.29, 0.717) is 42.5 Å². The number of rotatable bonds is 9. The van der Waals surface area contributed by atoms with Gasteiger partial charge in [-0.15, -0.1) is 0 Å². The van der Waals surface area contributed by atoms with Crippen LogP contribution in [0.1, 0.15) is 30.2 Å². The van der Waals surface area contributed by atoms with Crippen LogP contribution in [0.15, 0.2) is 65.2 Å². The number of oxazole rings is 1. The van der Waals surface area contributed by atoms with E-state index >= 15 is 0 Å². The van der Waals surface area contributed by atoms with E-state index in [1.54, 1.807) is 18.3 Å². The molecule has 1 amide bonds. The molecule has 3 rings (SSSR count). The van der Waals surface area contributed by atoms with Gasteiger partial charge in [-0.3, -0.25) is 4.79 Å². The predicted octanol–water partition coefficient (Wildman–Crippen LogP) is 4.21. The van der Waals surface area contributed by atoms with Crippen molar-refractivity contribution < 1.29 is 14.3 Å². The summed E-state index contributed by atoms with van der Waals surface area (Å²) < 4.78 is 5.73. The number of halogens is 1. The SMILES string of the molecule is O=C(CCc1ncc(-c2ccc(Cl)cc2)o1)NCC(CCO)c1ccccc1. The third-order valence-electron chi connectivity index (χ3n) is 4.54. The van der Waals surface area contributed by atoms with E-state index in [1.807, 2.05) is 42.5 Å². The van der Waals surface area contributed by atoms with Gasteiger partial charge in [0.25, 0.3) is 0 Å². The largest absolute Gasteiger partial charge is 0.441 e. The van der Waals surface area contributed by atoms with Crippen molar-refractivity contribution in [2.45, 2.75) is 25.2 Å². The third-order valence-corrected chi connectivity index (χ3v) is 4.79. The van der Waals surface area contributed by atoms with E-state index < -0.39 is 0 Å². The molecule has 2 N–H and O–H groups in total. The lowest BCUT2D eigenvalue weighted by Gasteiger charge is -2.17. The lowest BCUT2D eigenvalue weighted by atomic mass is 9.96. The third kappa shape index (κ3) is 5.68. The Bertz CT molecular complexity index is 878. The lowest BCUT2D eigenvalue weighted by molar-refractivity contribution is -0.121. The minimum Gasteiger partial charge on any atom is -0.441 e. The maximum atomic E-state index is 12.2. The second-order valence-electron chi connectivity index (χ2n) is 6.55. The van der Waals surface area contributed by atoms with Crippen molar-refractivity contribution in [2.75, 3.05) is 13.2 Å². The average Bonchev–Trinajstić information content (AvgIpc) is 3.20. The molecule has 0 aliphatic rings. The number of carbonyl (C=O) groups excluding carboxylic acids is 1. The molecule has 28 heavy (non-hydrogen) atoms. The van der Waals surface area contributed by atoms with Gasteiger partial charge in [0, 0.05) is 42.5 Å². The molecule has 146 valence electrons. The molecule has 0 saturated heterocycles. The van der Waals surface area contributed by atoms with Gasteiger partial charge in [0.1, 0.15) is 0 Å². The molecule has 1 heterocycles. The number of aromatic nitrogens is 1. The molecule has 0 fully saturated rings. The van der Waals surface area contributed by atoms with E-state index in [4.69, 9.17) is 16.0 Å². The Balaban J connectivity index is 1.49. The Morgan fingerprint density at radius 3 is 2.61 bits per heavy atom. The van der Waals surface area contributed by atoms with Gasteiger partial charge >= 0.3 is 0 Å². The highest BCUT2D eigenvalue weighted by Gasteiger charge is 2.13. The zero-order valence-electron chi connectivity index (χ0n) is 15.5. The lowest BCUT2D eigenvalue weighted by Crippen LogP contribution is -2.29. The first-order chi connectivity index (χ1) is 13.7. The Morgan fingerprint density at radius 2 is 1.89 bits per heavy atom. The smallest absolute Gasteiger partial charge is 0.220 e. The molecule has 1 atom stereocenters. The number of carbonyl (C=O) groups is 1. The van der Waals surface area contributed by atoms with Crippen LogP contribution in [0.4, 0.5) is 0 Å². The Labute approximate surface area is 169 Å². The summed E-state index contributed by atoms with van der Waals surface area (Å²) in [6, 6.07) is 17.2. The molecule has 6 heteroatoms. The van der Waals surface area contributed by atoms with Crippen molar-refractivity contribution in [3.63, 3.8) is 0 Å². The molecule has 1 aromatic heterocycles. The van der Waals surface area contributed by atoms with Crippen LogP contribution in [0.5, 0.6) is 0 Å². The summed E-state index contributed by atoms with van der Waals surface area (Å²) in [5, 5.41) is 12.9. The highest BCUT2D eigenvalue weighted by Crippen LogP contribution is 2.23. The number of aliphatic hydroxyl groups excluding tert-OH is 1. The van der Waals surface area contributed by atoms with Crippen molar-refractivity contribution in [1.29, 1.82) is 0 Å². The highest BCUT2D eigenvalue weighted by molar-refractivity contribution is 6.30. The quantitative estimate of drug-likeness (QED) is 0.566. The van der Waals surface area contributed by atoms with Crippen LogP contribution in [0.2, 0.25) is 5.02 Å². The molecule has 0 spiro atoms. The second kappa shape index (κ2) is 10.1. The molecule has 0 aliphatic heterocycles. The van der Waals surface area contributed by atoms with E-state index in [1.165, 1.54) is 0 Å². The van der Waals surface area contributed by atoms with Gasteiger partial charge in [0.15, 0.2) is 11.7 Å². The van der Waals surface area contributed by atoms with Crippen LogP contribution in [0, 0.1) is 0 Å². The topological polar surface area (TPSA) is 75.4 Å². The van der Waals surface area contributed by atoms with Crippen LogP contribution < -0.4 is 5.32 Å². The fourth-order valence-corrected chi connectivity index (χ4v) is 3.11. The van der Waals surface area contributed by atoms with Crippen molar-refractivity contribution in [1.82, 2.24) is 10.3 Å². The van der Waals surface area contributed by atoms with Crippen LogP contribution in [-0.2, 0) is 11.2 Å². The number of aryl methyl sites for hydroxylation is 1. The zero-order valence-corrected chi connectivity index (χ0v) is 16.2. The molecule has 0 aliphatic carbocycles. The molecular weight excluding hydrogens is 376 g/mol.